The Kier molecular flexibility index (Phi) is 12.4. The number of carbonyl (C=O) groups is 3. The number of ketones is 2. The van der Waals surface area contributed by atoms with E-state index >= 15 is 0 Å². The van der Waals surface area contributed by atoms with Gasteiger partial charge in [-0.3, -0.25) is 14.4 Å². The summed E-state index contributed by atoms with van der Waals surface area (Å²) >= 11 is 7.66. The van der Waals surface area contributed by atoms with E-state index in [1.165, 1.54) is 43.4 Å². The summed E-state index contributed by atoms with van der Waals surface area (Å²) in [6, 6.07) is 5.50. The molecule has 6 nitrogen and oxygen atoms in total. The van der Waals surface area contributed by atoms with E-state index in [1.54, 1.807) is 6.08 Å². The zero-order chi connectivity index (χ0) is 27.5. The van der Waals surface area contributed by atoms with Crippen LogP contribution in [-0.4, -0.2) is 54.0 Å². The number of thiazole rings is 1. The lowest BCUT2D eigenvalue weighted by Gasteiger charge is -2.28. The molecule has 0 bridgehead atoms. The first-order valence-corrected chi connectivity index (χ1v) is 15.1. The topological polar surface area (TPSA) is 79.4 Å². The van der Waals surface area contributed by atoms with E-state index in [0.29, 0.717) is 36.6 Å². The quantitative estimate of drug-likeness (QED) is 0.255. The van der Waals surface area contributed by atoms with Gasteiger partial charge in [0.05, 0.1) is 21.1 Å². The molecule has 0 aliphatic heterocycles. The summed E-state index contributed by atoms with van der Waals surface area (Å²) in [4.78, 5) is 45.2. The molecule has 1 N–H and O–H groups in total. The number of likely N-dealkylation sites (N-methyl/N-ethyl adjacent to an activating group) is 1. The minimum Gasteiger partial charge on any atom is -0.353 e. The maximum Gasteiger partial charge on any atom is 0.224 e. The fourth-order valence-electron chi connectivity index (χ4n) is 5.11. The highest BCUT2D eigenvalue weighted by molar-refractivity contribution is 7.18. The molecule has 38 heavy (non-hydrogen) atoms. The third-order valence-corrected chi connectivity index (χ3v) is 8.53. The van der Waals surface area contributed by atoms with E-state index in [4.69, 9.17) is 16.6 Å². The molecule has 1 saturated carbocycles. The van der Waals surface area contributed by atoms with Gasteiger partial charge in [-0.05, 0) is 57.1 Å². The molecule has 2 aromatic rings. The van der Waals surface area contributed by atoms with Crippen LogP contribution in [0.5, 0.6) is 0 Å². The van der Waals surface area contributed by atoms with Gasteiger partial charge in [-0.25, -0.2) is 4.98 Å². The largest absolute Gasteiger partial charge is 0.353 e. The smallest absolute Gasteiger partial charge is 0.224 e. The number of hydrogen-bond acceptors (Lipinski definition) is 6. The van der Waals surface area contributed by atoms with Crippen molar-refractivity contribution in [3.63, 3.8) is 0 Å². The normalized spacial score (nSPS) is 16.2. The Labute approximate surface area is 236 Å². The van der Waals surface area contributed by atoms with Crippen molar-refractivity contribution in [1.82, 2.24) is 15.2 Å². The van der Waals surface area contributed by atoms with Gasteiger partial charge in [0, 0.05) is 43.3 Å². The second-order valence-electron chi connectivity index (χ2n) is 10.8. The summed E-state index contributed by atoms with van der Waals surface area (Å²) in [6.07, 6.45) is 12.5. The number of halogens is 1. The first kappa shape index (κ1) is 30.5. The van der Waals surface area contributed by atoms with Crippen molar-refractivity contribution in [2.24, 2.45) is 11.8 Å². The predicted molar refractivity (Wildman–Crippen MR) is 157 cm³/mol. The summed E-state index contributed by atoms with van der Waals surface area (Å²) in [6.45, 7) is 2.55. The molecule has 8 heteroatoms. The van der Waals surface area contributed by atoms with Gasteiger partial charge in [-0.15, -0.1) is 11.3 Å². The van der Waals surface area contributed by atoms with E-state index in [9.17, 15) is 14.4 Å². The molecule has 3 rings (SSSR count). The van der Waals surface area contributed by atoms with Crippen LogP contribution in [0.3, 0.4) is 0 Å². The average molecular weight is 560 g/mol. The Morgan fingerprint density at radius 2 is 1.97 bits per heavy atom. The lowest BCUT2D eigenvalue weighted by molar-refractivity contribution is -0.130. The van der Waals surface area contributed by atoms with Crippen molar-refractivity contribution in [1.29, 1.82) is 0 Å². The van der Waals surface area contributed by atoms with Crippen molar-refractivity contribution in [3.05, 3.63) is 40.4 Å². The Balaban J connectivity index is 1.70. The molecular formula is C30H42ClN3O3S. The molecule has 1 aliphatic carbocycles. The molecule has 0 unspecified atom stereocenters. The van der Waals surface area contributed by atoms with Gasteiger partial charge in [-0.2, -0.15) is 0 Å². The molecule has 1 aromatic carbocycles. The minimum atomic E-state index is -0.483. The van der Waals surface area contributed by atoms with Crippen molar-refractivity contribution in [3.8, 4) is 0 Å². The maximum atomic E-state index is 13.6. The third-order valence-electron chi connectivity index (χ3n) is 7.26. The molecule has 1 heterocycles. The molecule has 0 spiro atoms. The van der Waals surface area contributed by atoms with Gasteiger partial charge < -0.3 is 10.2 Å². The summed E-state index contributed by atoms with van der Waals surface area (Å²) in [7, 11) is 3.93. The van der Waals surface area contributed by atoms with Gasteiger partial charge in [-0.1, -0.05) is 56.7 Å². The second-order valence-corrected chi connectivity index (χ2v) is 12.4. The number of fused-ring (bicyclic) bond motifs is 1. The summed E-state index contributed by atoms with van der Waals surface area (Å²) in [5, 5.41) is 4.75. The molecule has 1 amide bonds. The first-order chi connectivity index (χ1) is 18.2. The third kappa shape index (κ3) is 10.2. The van der Waals surface area contributed by atoms with Gasteiger partial charge in [0.25, 0.3) is 0 Å². The van der Waals surface area contributed by atoms with Crippen LogP contribution in [0.25, 0.3) is 10.2 Å². The molecule has 1 aromatic heterocycles. The lowest BCUT2D eigenvalue weighted by Crippen LogP contribution is -2.41. The second kappa shape index (κ2) is 15.5. The van der Waals surface area contributed by atoms with E-state index in [-0.39, 0.29) is 29.9 Å². The van der Waals surface area contributed by atoms with E-state index < -0.39 is 5.92 Å². The van der Waals surface area contributed by atoms with Crippen LogP contribution in [0, 0.1) is 11.8 Å². The van der Waals surface area contributed by atoms with Crippen molar-refractivity contribution in [2.75, 3.05) is 20.6 Å². The SMILES string of the molecule is CCC(=O)C[C@@H](Cc1nc2ccc(Cl)cc2s1)C(=O)N[C@H](CCC(=O)/C=C/CN(C)C)CC1CCCCC1. The number of nitrogens with zero attached hydrogens (tertiary/aromatic N) is 2. The standard InChI is InChI=1S/C30H42ClN3O3S/c1-4-25(35)18-22(19-29-33-27-15-12-23(31)20-28(27)38-29)30(37)32-24(17-21-9-6-5-7-10-21)13-14-26(36)11-8-16-34(2)3/h8,11-12,15,20-22,24H,4-7,9-10,13-14,16-19H2,1-3H3,(H,32,37)/b11-8+/t22-,24+/m0/s1. The maximum absolute atomic E-state index is 13.6. The number of rotatable bonds is 15. The Hall–Kier alpha value is -2.09. The Morgan fingerprint density at radius 3 is 2.68 bits per heavy atom. The van der Waals surface area contributed by atoms with E-state index in [2.05, 4.69) is 5.32 Å². The zero-order valence-electron chi connectivity index (χ0n) is 23.0. The Bertz CT molecular complexity index is 1110. The minimum absolute atomic E-state index is 0.0688. The number of amides is 1. The van der Waals surface area contributed by atoms with Crippen LogP contribution in [0.2, 0.25) is 5.02 Å². The van der Waals surface area contributed by atoms with Crippen molar-refractivity contribution < 1.29 is 14.4 Å². The predicted octanol–water partition coefficient (Wildman–Crippen LogP) is 6.40. The number of aromatic nitrogens is 1. The number of allylic oxidation sites excluding steroid dienone is 1. The van der Waals surface area contributed by atoms with Crippen LogP contribution in [0.15, 0.2) is 30.4 Å². The van der Waals surface area contributed by atoms with Crippen molar-refractivity contribution in [2.45, 2.75) is 83.6 Å². The molecule has 0 saturated heterocycles. The molecule has 0 radical (unpaired) electrons. The number of nitrogens with one attached hydrogen (secondary N) is 1. The number of benzene rings is 1. The highest BCUT2D eigenvalue weighted by Gasteiger charge is 2.27. The van der Waals surface area contributed by atoms with Gasteiger partial charge in [0.15, 0.2) is 5.78 Å². The van der Waals surface area contributed by atoms with Crippen LogP contribution >= 0.6 is 22.9 Å². The van der Waals surface area contributed by atoms with Crippen molar-refractivity contribution >= 4 is 50.6 Å². The highest BCUT2D eigenvalue weighted by Crippen LogP contribution is 2.30. The van der Waals surface area contributed by atoms with Crippen LogP contribution in [0.4, 0.5) is 0 Å². The monoisotopic (exact) mass is 559 g/mol. The van der Waals surface area contributed by atoms with Crippen LogP contribution in [0.1, 0.15) is 76.1 Å². The fourth-order valence-corrected chi connectivity index (χ4v) is 6.43. The molecular weight excluding hydrogens is 518 g/mol. The molecule has 208 valence electrons. The van der Waals surface area contributed by atoms with Gasteiger partial charge >= 0.3 is 0 Å². The Morgan fingerprint density at radius 1 is 1.21 bits per heavy atom. The fraction of sp³-hybridized carbons (Fsp3) is 0.600. The van der Waals surface area contributed by atoms with Gasteiger partial charge in [0.2, 0.25) is 5.91 Å². The van der Waals surface area contributed by atoms with Crippen LogP contribution < -0.4 is 5.32 Å². The zero-order valence-corrected chi connectivity index (χ0v) is 24.6. The average Bonchev–Trinajstić information content (AvgIpc) is 3.28. The molecule has 2 atom stereocenters. The van der Waals surface area contributed by atoms with Gasteiger partial charge in [0.1, 0.15) is 5.78 Å². The number of Topliss-reactive ketones (excluding diaryl/α,β-unsaturated/α-hetero) is 1. The van der Waals surface area contributed by atoms with Crippen LogP contribution in [-0.2, 0) is 20.8 Å². The summed E-state index contributed by atoms with van der Waals surface area (Å²) in [5.74, 6) is 0.127. The highest BCUT2D eigenvalue weighted by atomic mass is 35.5. The number of hydrogen-bond donors (Lipinski definition) is 1. The first-order valence-electron chi connectivity index (χ1n) is 13.9. The molecule has 1 aliphatic rings. The summed E-state index contributed by atoms with van der Waals surface area (Å²) < 4.78 is 0.976. The summed E-state index contributed by atoms with van der Waals surface area (Å²) in [5.41, 5.74) is 0.853. The molecule has 1 fully saturated rings. The van der Waals surface area contributed by atoms with E-state index in [1.807, 2.05) is 50.2 Å². The lowest BCUT2D eigenvalue weighted by atomic mass is 9.83. The van der Waals surface area contributed by atoms with E-state index in [0.717, 1.165) is 28.2 Å². The number of carbonyl (C=O) groups excluding carboxylic acids is 3.